The molecule has 0 aliphatic heterocycles. The Bertz CT molecular complexity index is 362. The van der Waals surface area contributed by atoms with Crippen LogP contribution in [-0.4, -0.2) is 25.6 Å². The van der Waals surface area contributed by atoms with E-state index < -0.39 is 15.9 Å². The van der Waals surface area contributed by atoms with Crippen molar-refractivity contribution in [2.75, 3.05) is 0 Å². The van der Waals surface area contributed by atoms with Crippen LogP contribution < -0.4 is 10.5 Å². The predicted octanol–water partition coefficient (Wildman–Crippen LogP) is -0.278. The third-order valence-electron chi connectivity index (χ3n) is 3.11. The molecule has 0 saturated heterocycles. The molecule has 0 heterocycles. The lowest BCUT2D eigenvalue weighted by Crippen LogP contribution is -2.42. The first kappa shape index (κ1) is 10.9. The molecule has 5 nitrogen and oxygen atoms in total. The van der Waals surface area contributed by atoms with E-state index in [4.69, 9.17) is 5.73 Å². The Morgan fingerprint density at radius 3 is 2.33 bits per heavy atom. The van der Waals surface area contributed by atoms with Gasteiger partial charge < -0.3 is 5.73 Å². The lowest BCUT2D eigenvalue weighted by Gasteiger charge is -2.14. The van der Waals surface area contributed by atoms with Crippen LogP contribution in [0.2, 0.25) is 0 Å². The molecular formula is C9H16N2O3S. The molecule has 2 aliphatic rings. The molecule has 3 N–H and O–H groups in total. The summed E-state index contributed by atoms with van der Waals surface area (Å²) in [5.74, 6) is -0.731. The van der Waals surface area contributed by atoms with Crippen molar-refractivity contribution < 1.29 is 13.2 Å². The van der Waals surface area contributed by atoms with Gasteiger partial charge in [0.15, 0.2) is 0 Å². The number of carbonyl (C=O) groups excluding carboxylic acids is 1. The average molecular weight is 232 g/mol. The van der Waals surface area contributed by atoms with Crippen molar-refractivity contribution in [2.24, 2.45) is 11.7 Å². The van der Waals surface area contributed by atoms with Gasteiger partial charge in [-0.3, -0.25) is 9.52 Å². The van der Waals surface area contributed by atoms with Crippen LogP contribution in [0.1, 0.15) is 32.1 Å². The van der Waals surface area contributed by atoms with Crippen LogP contribution in [0.25, 0.3) is 0 Å². The Morgan fingerprint density at radius 1 is 1.20 bits per heavy atom. The number of hydrogen-bond donors (Lipinski definition) is 2. The summed E-state index contributed by atoms with van der Waals surface area (Å²) < 4.78 is 25.1. The first-order valence-electron chi connectivity index (χ1n) is 5.32. The van der Waals surface area contributed by atoms with E-state index in [1.165, 1.54) is 0 Å². The molecule has 0 aromatic heterocycles. The van der Waals surface area contributed by atoms with Crippen LogP contribution in [-0.2, 0) is 14.8 Å². The molecule has 15 heavy (non-hydrogen) atoms. The highest BCUT2D eigenvalue weighted by Crippen LogP contribution is 2.29. The topological polar surface area (TPSA) is 89.3 Å². The minimum atomic E-state index is -3.40. The number of carbonyl (C=O) groups is 1. The molecule has 1 amide bonds. The van der Waals surface area contributed by atoms with Gasteiger partial charge in [-0.1, -0.05) is 6.42 Å². The number of nitrogens with two attached hydrogens (primary N) is 1. The SMILES string of the molecule is NC1CCCC1C(=O)NS(=O)(=O)C1CC1. The van der Waals surface area contributed by atoms with Crippen molar-refractivity contribution in [2.45, 2.75) is 43.4 Å². The fourth-order valence-corrected chi connectivity index (χ4v) is 3.35. The monoisotopic (exact) mass is 232 g/mol. The summed E-state index contributed by atoms with van der Waals surface area (Å²) in [6, 6.07) is -0.181. The molecule has 2 atom stereocenters. The zero-order valence-electron chi connectivity index (χ0n) is 8.48. The highest BCUT2D eigenvalue weighted by molar-refractivity contribution is 7.90. The summed E-state index contributed by atoms with van der Waals surface area (Å²) in [6.45, 7) is 0. The van der Waals surface area contributed by atoms with Crippen molar-refractivity contribution in [1.29, 1.82) is 0 Å². The van der Waals surface area contributed by atoms with Gasteiger partial charge >= 0.3 is 0 Å². The van der Waals surface area contributed by atoms with Crippen molar-refractivity contribution in [3.8, 4) is 0 Å². The summed E-state index contributed by atoms with van der Waals surface area (Å²) >= 11 is 0. The maximum absolute atomic E-state index is 11.6. The average Bonchev–Trinajstić information content (AvgIpc) is 2.89. The second kappa shape index (κ2) is 3.75. The van der Waals surface area contributed by atoms with E-state index in [2.05, 4.69) is 4.72 Å². The lowest BCUT2D eigenvalue weighted by molar-refractivity contribution is -0.123. The highest BCUT2D eigenvalue weighted by Gasteiger charge is 2.39. The maximum Gasteiger partial charge on any atom is 0.238 e. The van der Waals surface area contributed by atoms with Gasteiger partial charge in [-0.05, 0) is 25.7 Å². The molecular weight excluding hydrogens is 216 g/mol. The number of rotatable bonds is 3. The minimum Gasteiger partial charge on any atom is -0.327 e. The predicted molar refractivity (Wildman–Crippen MR) is 55.4 cm³/mol. The first-order chi connectivity index (χ1) is 7.00. The largest absolute Gasteiger partial charge is 0.327 e. The molecule has 0 spiro atoms. The normalized spacial score (nSPS) is 31.5. The number of amides is 1. The zero-order valence-corrected chi connectivity index (χ0v) is 9.29. The zero-order chi connectivity index (χ0) is 11.1. The summed E-state index contributed by atoms with van der Waals surface area (Å²) in [6.07, 6.45) is 3.75. The Kier molecular flexibility index (Phi) is 2.72. The van der Waals surface area contributed by atoms with Crippen molar-refractivity contribution >= 4 is 15.9 Å². The number of sulfonamides is 1. The third-order valence-corrected chi connectivity index (χ3v) is 4.95. The molecule has 2 aliphatic carbocycles. The maximum atomic E-state index is 11.6. The van der Waals surface area contributed by atoms with E-state index in [0.717, 1.165) is 12.8 Å². The second-order valence-corrected chi connectivity index (χ2v) is 6.37. The van der Waals surface area contributed by atoms with Gasteiger partial charge in [0.1, 0.15) is 0 Å². The van der Waals surface area contributed by atoms with Crippen LogP contribution in [0.5, 0.6) is 0 Å². The van der Waals surface area contributed by atoms with Gasteiger partial charge in [-0.15, -0.1) is 0 Å². The standard InChI is InChI=1S/C9H16N2O3S/c10-8-3-1-2-7(8)9(12)11-15(13,14)6-4-5-6/h6-8H,1-5,10H2,(H,11,12). The van der Waals surface area contributed by atoms with Crippen molar-refractivity contribution in [3.63, 3.8) is 0 Å². The third kappa shape index (κ3) is 2.31. The molecule has 0 bridgehead atoms. The van der Waals surface area contributed by atoms with Crippen LogP contribution in [0.3, 0.4) is 0 Å². The molecule has 2 fully saturated rings. The molecule has 0 aromatic rings. The van der Waals surface area contributed by atoms with Crippen molar-refractivity contribution in [3.05, 3.63) is 0 Å². The summed E-state index contributed by atoms with van der Waals surface area (Å²) in [5, 5.41) is -0.348. The van der Waals surface area contributed by atoms with Crippen LogP contribution in [0, 0.1) is 5.92 Å². The quantitative estimate of drug-likeness (QED) is 0.700. The van der Waals surface area contributed by atoms with Crippen LogP contribution in [0.15, 0.2) is 0 Å². The number of hydrogen-bond acceptors (Lipinski definition) is 4. The molecule has 86 valence electrons. The fraction of sp³-hybridized carbons (Fsp3) is 0.889. The molecule has 0 aromatic carbocycles. The van der Waals surface area contributed by atoms with Gasteiger partial charge in [-0.2, -0.15) is 0 Å². The summed E-state index contributed by atoms with van der Waals surface area (Å²) in [4.78, 5) is 11.6. The Labute approximate surface area is 89.5 Å². The van der Waals surface area contributed by atoms with E-state index in [1.807, 2.05) is 0 Å². The van der Waals surface area contributed by atoms with Gasteiger partial charge in [0.05, 0.1) is 11.2 Å². The van der Waals surface area contributed by atoms with E-state index in [0.29, 0.717) is 19.3 Å². The fourth-order valence-electron chi connectivity index (χ4n) is 1.99. The lowest BCUT2D eigenvalue weighted by atomic mass is 10.0. The molecule has 2 rings (SSSR count). The molecule has 2 unspecified atom stereocenters. The number of nitrogens with one attached hydrogen (secondary N) is 1. The highest BCUT2D eigenvalue weighted by atomic mass is 32.2. The van der Waals surface area contributed by atoms with E-state index >= 15 is 0 Å². The summed E-state index contributed by atoms with van der Waals surface area (Å²) in [7, 11) is -3.40. The van der Waals surface area contributed by atoms with E-state index in [-0.39, 0.29) is 17.2 Å². The summed E-state index contributed by atoms with van der Waals surface area (Å²) in [5.41, 5.74) is 5.73. The Morgan fingerprint density at radius 2 is 1.87 bits per heavy atom. The van der Waals surface area contributed by atoms with E-state index in [9.17, 15) is 13.2 Å². The molecule has 6 heteroatoms. The van der Waals surface area contributed by atoms with Gasteiger partial charge in [-0.25, -0.2) is 8.42 Å². The second-order valence-electron chi connectivity index (χ2n) is 4.41. The Hall–Kier alpha value is -0.620. The van der Waals surface area contributed by atoms with Gasteiger partial charge in [0.2, 0.25) is 15.9 Å². The Balaban J connectivity index is 1.97. The van der Waals surface area contributed by atoms with Gasteiger partial charge in [0, 0.05) is 6.04 Å². The van der Waals surface area contributed by atoms with Crippen LogP contribution in [0.4, 0.5) is 0 Å². The molecule has 2 saturated carbocycles. The van der Waals surface area contributed by atoms with Crippen molar-refractivity contribution in [1.82, 2.24) is 4.72 Å². The van der Waals surface area contributed by atoms with Gasteiger partial charge in [0.25, 0.3) is 0 Å². The first-order valence-corrected chi connectivity index (χ1v) is 6.86. The van der Waals surface area contributed by atoms with Crippen LogP contribution >= 0.6 is 0 Å². The minimum absolute atomic E-state index is 0.181. The smallest absolute Gasteiger partial charge is 0.238 e. The molecule has 0 radical (unpaired) electrons. The van der Waals surface area contributed by atoms with E-state index in [1.54, 1.807) is 0 Å².